The van der Waals surface area contributed by atoms with Crippen LogP contribution in [0.1, 0.15) is 26.2 Å². The van der Waals surface area contributed by atoms with Crippen molar-refractivity contribution < 1.29 is 4.79 Å². The van der Waals surface area contributed by atoms with Crippen LogP contribution < -0.4 is 10.6 Å². The van der Waals surface area contributed by atoms with Gasteiger partial charge in [-0.3, -0.25) is 0 Å². The van der Waals surface area contributed by atoms with Crippen LogP contribution in [-0.4, -0.2) is 24.9 Å². The molecule has 0 atom stereocenters. The molecule has 3 nitrogen and oxygen atoms in total. The molecule has 2 amide bonds. The molecule has 100 valence electrons. The molecule has 4 heteroatoms. The molecule has 0 fully saturated rings. The SMILES string of the molecule is CCCNC(=O)NCCCCSc1ccccc1. The summed E-state index contributed by atoms with van der Waals surface area (Å²) in [5.74, 6) is 1.10. The molecule has 0 aliphatic rings. The molecule has 0 spiro atoms. The monoisotopic (exact) mass is 266 g/mol. The number of benzene rings is 1. The molecule has 0 heterocycles. The zero-order chi connectivity index (χ0) is 13.1. The van der Waals surface area contributed by atoms with Gasteiger partial charge in [0.25, 0.3) is 0 Å². The van der Waals surface area contributed by atoms with Gasteiger partial charge in [0.15, 0.2) is 0 Å². The van der Waals surface area contributed by atoms with Crippen molar-refractivity contribution >= 4 is 17.8 Å². The molecular formula is C14H22N2OS. The number of thioether (sulfide) groups is 1. The van der Waals surface area contributed by atoms with Crippen LogP contribution >= 0.6 is 11.8 Å². The van der Waals surface area contributed by atoms with E-state index in [1.807, 2.05) is 24.8 Å². The third-order valence-corrected chi connectivity index (χ3v) is 3.50. The summed E-state index contributed by atoms with van der Waals surface area (Å²) in [7, 11) is 0. The van der Waals surface area contributed by atoms with Crippen LogP contribution in [0.25, 0.3) is 0 Å². The van der Waals surface area contributed by atoms with Crippen LogP contribution in [0.15, 0.2) is 35.2 Å². The highest BCUT2D eigenvalue weighted by Crippen LogP contribution is 2.17. The molecule has 0 radical (unpaired) electrons. The number of amides is 2. The Labute approximate surface area is 114 Å². The average Bonchev–Trinajstić information content (AvgIpc) is 2.41. The van der Waals surface area contributed by atoms with Crippen LogP contribution in [0, 0.1) is 0 Å². The van der Waals surface area contributed by atoms with Crippen molar-refractivity contribution in [1.29, 1.82) is 0 Å². The second-order valence-electron chi connectivity index (χ2n) is 4.05. The highest BCUT2D eigenvalue weighted by Gasteiger charge is 1.97. The van der Waals surface area contributed by atoms with Gasteiger partial charge in [-0.2, -0.15) is 0 Å². The second kappa shape index (κ2) is 9.83. The van der Waals surface area contributed by atoms with Crippen molar-refractivity contribution in [2.75, 3.05) is 18.8 Å². The first-order valence-electron chi connectivity index (χ1n) is 6.52. The lowest BCUT2D eigenvalue weighted by molar-refractivity contribution is 0.241. The first-order valence-corrected chi connectivity index (χ1v) is 7.51. The fourth-order valence-electron chi connectivity index (χ4n) is 1.44. The van der Waals surface area contributed by atoms with E-state index in [1.54, 1.807) is 0 Å². The Morgan fingerprint density at radius 2 is 1.83 bits per heavy atom. The van der Waals surface area contributed by atoms with Gasteiger partial charge in [0.2, 0.25) is 0 Å². The summed E-state index contributed by atoms with van der Waals surface area (Å²) in [5, 5.41) is 5.65. The number of hydrogen-bond acceptors (Lipinski definition) is 2. The lowest BCUT2D eigenvalue weighted by Crippen LogP contribution is -2.36. The first-order chi connectivity index (χ1) is 8.83. The maximum atomic E-state index is 11.2. The molecule has 18 heavy (non-hydrogen) atoms. The van der Waals surface area contributed by atoms with Gasteiger partial charge >= 0.3 is 6.03 Å². The molecule has 0 aliphatic carbocycles. The van der Waals surface area contributed by atoms with Crippen molar-refractivity contribution in [3.63, 3.8) is 0 Å². The van der Waals surface area contributed by atoms with Crippen LogP contribution in [0.2, 0.25) is 0 Å². The Kier molecular flexibility index (Phi) is 8.13. The molecular weight excluding hydrogens is 244 g/mol. The number of unbranched alkanes of at least 4 members (excludes halogenated alkanes) is 1. The summed E-state index contributed by atoms with van der Waals surface area (Å²) in [4.78, 5) is 12.5. The van der Waals surface area contributed by atoms with Gasteiger partial charge < -0.3 is 10.6 Å². The molecule has 1 rings (SSSR count). The van der Waals surface area contributed by atoms with Crippen LogP contribution in [0.5, 0.6) is 0 Å². The predicted molar refractivity (Wildman–Crippen MR) is 78.1 cm³/mol. The van der Waals surface area contributed by atoms with Crippen molar-refractivity contribution in [2.24, 2.45) is 0 Å². The molecule has 0 aromatic heterocycles. The topological polar surface area (TPSA) is 41.1 Å². The molecule has 0 saturated carbocycles. The van der Waals surface area contributed by atoms with Crippen molar-refractivity contribution in [1.82, 2.24) is 10.6 Å². The summed E-state index contributed by atoms with van der Waals surface area (Å²) in [6, 6.07) is 10.3. The summed E-state index contributed by atoms with van der Waals surface area (Å²) in [6.45, 7) is 3.54. The van der Waals surface area contributed by atoms with E-state index < -0.39 is 0 Å². The molecule has 1 aromatic carbocycles. The third-order valence-electron chi connectivity index (χ3n) is 2.40. The molecule has 0 unspecified atom stereocenters. The summed E-state index contributed by atoms with van der Waals surface area (Å²) < 4.78 is 0. The fraction of sp³-hybridized carbons (Fsp3) is 0.500. The quantitative estimate of drug-likeness (QED) is 0.560. The Bertz CT molecular complexity index is 330. The van der Waals surface area contributed by atoms with Gasteiger partial charge in [0.05, 0.1) is 0 Å². The molecule has 0 bridgehead atoms. The molecule has 2 N–H and O–H groups in total. The van der Waals surface area contributed by atoms with Gasteiger partial charge in [-0.1, -0.05) is 25.1 Å². The van der Waals surface area contributed by atoms with E-state index in [0.717, 1.165) is 38.1 Å². The highest BCUT2D eigenvalue weighted by molar-refractivity contribution is 7.99. The summed E-state index contributed by atoms with van der Waals surface area (Å²) in [6.07, 6.45) is 3.12. The standard InChI is InChI=1S/C14H22N2OS/c1-2-10-15-14(17)16-11-6-7-12-18-13-8-4-3-5-9-13/h3-5,8-9H,2,6-7,10-12H2,1H3,(H2,15,16,17). The van der Waals surface area contributed by atoms with Crippen molar-refractivity contribution in [3.05, 3.63) is 30.3 Å². The Hall–Kier alpha value is -1.16. The van der Waals surface area contributed by atoms with E-state index in [9.17, 15) is 4.79 Å². The van der Waals surface area contributed by atoms with Gasteiger partial charge in [-0.25, -0.2) is 4.79 Å². The van der Waals surface area contributed by atoms with Crippen LogP contribution in [-0.2, 0) is 0 Å². The first kappa shape index (κ1) is 14.9. The Balaban J connectivity index is 1.94. The maximum absolute atomic E-state index is 11.2. The maximum Gasteiger partial charge on any atom is 0.314 e. The minimum absolute atomic E-state index is 0.0486. The van der Waals surface area contributed by atoms with E-state index in [0.29, 0.717) is 0 Å². The minimum atomic E-state index is -0.0486. The Morgan fingerprint density at radius 1 is 1.11 bits per heavy atom. The van der Waals surface area contributed by atoms with Gasteiger partial charge in [0.1, 0.15) is 0 Å². The zero-order valence-electron chi connectivity index (χ0n) is 10.9. The number of rotatable bonds is 8. The lowest BCUT2D eigenvalue weighted by atomic mass is 10.3. The van der Waals surface area contributed by atoms with Crippen LogP contribution in [0.3, 0.4) is 0 Å². The summed E-state index contributed by atoms with van der Waals surface area (Å²) >= 11 is 1.86. The summed E-state index contributed by atoms with van der Waals surface area (Å²) in [5.41, 5.74) is 0. The zero-order valence-corrected chi connectivity index (χ0v) is 11.8. The minimum Gasteiger partial charge on any atom is -0.338 e. The van der Waals surface area contributed by atoms with Crippen LogP contribution in [0.4, 0.5) is 4.79 Å². The van der Waals surface area contributed by atoms with Crippen molar-refractivity contribution in [2.45, 2.75) is 31.1 Å². The fourth-order valence-corrected chi connectivity index (χ4v) is 2.37. The molecule has 0 aliphatic heterocycles. The molecule has 0 saturated heterocycles. The Morgan fingerprint density at radius 3 is 2.56 bits per heavy atom. The van der Waals surface area contributed by atoms with Gasteiger partial charge in [-0.05, 0) is 37.1 Å². The largest absolute Gasteiger partial charge is 0.338 e. The van der Waals surface area contributed by atoms with Gasteiger partial charge in [0, 0.05) is 18.0 Å². The average molecular weight is 266 g/mol. The number of urea groups is 1. The highest BCUT2D eigenvalue weighted by atomic mass is 32.2. The van der Waals surface area contributed by atoms with Gasteiger partial charge in [-0.15, -0.1) is 11.8 Å². The van der Waals surface area contributed by atoms with E-state index >= 15 is 0 Å². The third kappa shape index (κ3) is 7.22. The normalized spacial score (nSPS) is 10.1. The van der Waals surface area contributed by atoms with E-state index in [-0.39, 0.29) is 6.03 Å². The number of hydrogen-bond donors (Lipinski definition) is 2. The molecule has 1 aromatic rings. The number of carbonyl (C=O) groups is 1. The number of nitrogens with one attached hydrogen (secondary N) is 2. The second-order valence-corrected chi connectivity index (χ2v) is 5.22. The van der Waals surface area contributed by atoms with E-state index in [4.69, 9.17) is 0 Å². The van der Waals surface area contributed by atoms with Crippen molar-refractivity contribution in [3.8, 4) is 0 Å². The smallest absolute Gasteiger partial charge is 0.314 e. The van der Waals surface area contributed by atoms with E-state index in [2.05, 4.69) is 34.9 Å². The predicted octanol–water partition coefficient (Wildman–Crippen LogP) is 3.27. The lowest BCUT2D eigenvalue weighted by Gasteiger charge is -2.06. The van der Waals surface area contributed by atoms with E-state index in [1.165, 1.54) is 4.90 Å². The number of carbonyl (C=O) groups excluding carboxylic acids is 1.